The summed E-state index contributed by atoms with van der Waals surface area (Å²) in [6, 6.07) is -0.858. The summed E-state index contributed by atoms with van der Waals surface area (Å²) in [5, 5.41) is 14.8. The minimum absolute atomic E-state index is 0.0396. The maximum absolute atomic E-state index is 12.0. The van der Waals surface area contributed by atoms with Crippen LogP contribution in [0.15, 0.2) is 0 Å². The first-order valence-corrected chi connectivity index (χ1v) is 7.29. The van der Waals surface area contributed by atoms with Gasteiger partial charge in [-0.25, -0.2) is 4.79 Å². The summed E-state index contributed by atoms with van der Waals surface area (Å²) in [5.74, 6) is -0.957. The lowest BCUT2D eigenvalue weighted by atomic mass is 9.82. The van der Waals surface area contributed by atoms with Gasteiger partial charge >= 0.3 is 12.0 Å². The molecule has 7 heteroatoms. The van der Waals surface area contributed by atoms with Crippen LogP contribution in [0, 0.1) is 10.8 Å². The van der Waals surface area contributed by atoms with Crippen molar-refractivity contribution in [3.05, 3.63) is 0 Å². The molecule has 7 nitrogen and oxygen atoms in total. The summed E-state index contributed by atoms with van der Waals surface area (Å²) >= 11 is 0. The fourth-order valence-corrected chi connectivity index (χ4v) is 2.63. The molecular weight excluding hydrogens is 276 g/mol. The van der Waals surface area contributed by atoms with Gasteiger partial charge in [0.15, 0.2) is 0 Å². The molecule has 2 aliphatic rings. The van der Waals surface area contributed by atoms with Gasteiger partial charge in [-0.15, -0.1) is 0 Å². The molecule has 2 heterocycles. The molecule has 0 radical (unpaired) electrons. The number of ether oxygens (including phenoxy) is 2. The Labute approximate surface area is 124 Å². The second-order valence-corrected chi connectivity index (χ2v) is 6.54. The number of carboxylic acid groups (broad SMARTS) is 1. The quantitative estimate of drug-likeness (QED) is 0.706. The van der Waals surface area contributed by atoms with E-state index in [9.17, 15) is 14.7 Å². The molecule has 0 spiro atoms. The molecule has 2 amide bonds. The monoisotopic (exact) mass is 300 g/mol. The number of aliphatic carboxylic acids is 1. The molecule has 0 aromatic heterocycles. The normalized spacial score (nSPS) is 31.6. The predicted octanol–water partition coefficient (Wildman–Crippen LogP) is 0.592. The van der Waals surface area contributed by atoms with E-state index < -0.39 is 17.4 Å². The van der Waals surface area contributed by atoms with Crippen LogP contribution in [0.3, 0.4) is 0 Å². The molecule has 2 atom stereocenters. The molecule has 2 aliphatic heterocycles. The Bertz CT molecular complexity index is 408. The highest BCUT2D eigenvalue weighted by molar-refractivity contribution is 5.79. The van der Waals surface area contributed by atoms with Gasteiger partial charge in [0.25, 0.3) is 0 Å². The predicted molar refractivity (Wildman–Crippen MR) is 75.0 cm³/mol. The number of nitrogens with one attached hydrogen (secondary N) is 2. The van der Waals surface area contributed by atoms with Gasteiger partial charge in [-0.2, -0.15) is 0 Å². The van der Waals surface area contributed by atoms with Gasteiger partial charge in [0.05, 0.1) is 19.3 Å². The van der Waals surface area contributed by atoms with Crippen molar-refractivity contribution in [3.8, 4) is 0 Å². The molecule has 0 aliphatic carbocycles. The molecule has 0 saturated carbocycles. The molecular formula is C14H24N2O5. The molecule has 2 unspecified atom stereocenters. The molecule has 2 saturated heterocycles. The van der Waals surface area contributed by atoms with Crippen LogP contribution in [0.5, 0.6) is 0 Å². The Kier molecular flexibility index (Phi) is 4.73. The number of rotatable bonds is 4. The number of carbonyl (C=O) groups excluding carboxylic acids is 1. The number of carboxylic acids is 1. The molecule has 0 aromatic rings. The summed E-state index contributed by atoms with van der Waals surface area (Å²) < 4.78 is 10.5. The van der Waals surface area contributed by atoms with Crippen LogP contribution < -0.4 is 10.6 Å². The third-order valence-corrected chi connectivity index (χ3v) is 4.63. The van der Waals surface area contributed by atoms with Crippen LogP contribution in [0.4, 0.5) is 4.79 Å². The van der Waals surface area contributed by atoms with Crippen molar-refractivity contribution in [2.45, 2.75) is 32.7 Å². The van der Waals surface area contributed by atoms with Gasteiger partial charge in [-0.3, -0.25) is 4.79 Å². The number of hydrogen-bond donors (Lipinski definition) is 3. The maximum atomic E-state index is 12.0. The first-order chi connectivity index (χ1) is 9.86. The summed E-state index contributed by atoms with van der Waals surface area (Å²) in [5.41, 5.74) is -1.03. The second-order valence-electron chi connectivity index (χ2n) is 6.54. The van der Waals surface area contributed by atoms with E-state index in [0.717, 1.165) is 12.8 Å². The largest absolute Gasteiger partial charge is 0.481 e. The molecule has 0 aromatic carbocycles. The van der Waals surface area contributed by atoms with Crippen molar-refractivity contribution in [2.75, 3.05) is 33.0 Å². The highest BCUT2D eigenvalue weighted by atomic mass is 16.5. The first-order valence-electron chi connectivity index (χ1n) is 7.29. The Morgan fingerprint density at radius 2 is 1.90 bits per heavy atom. The van der Waals surface area contributed by atoms with E-state index in [1.54, 1.807) is 6.92 Å². The molecule has 0 bridgehead atoms. The van der Waals surface area contributed by atoms with Gasteiger partial charge in [0, 0.05) is 19.8 Å². The molecule has 2 fully saturated rings. The van der Waals surface area contributed by atoms with E-state index >= 15 is 0 Å². The Balaban J connectivity index is 1.83. The molecule has 2 rings (SSSR count). The van der Waals surface area contributed by atoms with Gasteiger partial charge < -0.3 is 25.2 Å². The van der Waals surface area contributed by atoms with E-state index in [1.807, 2.05) is 0 Å². The van der Waals surface area contributed by atoms with E-state index in [4.69, 9.17) is 9.47 Å². The van der Waals surface area contributed by atoms with Crippen molar-refractivity contribution >= 4 is 12.0 Å². The van der Waals surface area contributed by atoms with E-state index in [0.29, 0.717) is 19.8 Å². The average Bonchev–Trinajstić information content (AvgIpc) is 2.80. The van der Waals surface area contributed by atoms with E-state index in [2.05, 4.69) is 17.6 Å². The topological polar surface area (TPSA) is 96.9 Å². The van der Waals surface area contributed by atoms with Gasteiger partial charge in [-0.05, 0) is 25.2 Å². The van der Waals surface area contributed by atoms with Crippen LogP contribution in [-0.2, 0) is 14.3 Å². The Hall–Kier alpha value is -1.34. The third-order valence-electron chi connectivity index (χ3n) is 4.63. The number of hydrogen-bond acceptors (Lipinski definition) is 4. The fraction of sp³-hybridized carbons (Fsp3) is 0.857. The number of amides is 2. The summed E-state index contributed by atoms with van der Waals surface area (Å²) in [4.78, 5) is 23.3. The average molecular weight is 300 g/mol. The smallest absolute Gasteiger partial charge is 0.315 e. The van der Waals surface area contributed by atoms with E-state index in [-0.39, 0.29) is 24.7 Å². The highest BCUT2D eigenvalue weighted by Gasteiger charge is 2.47. The number of urea groups is 1. The third kappa shape index (κ3) is 3.65. The SMILES string of the molecule is CC1(CNC(=O)NC2COCC2(C)C(=O)O)CCOCC1. The zero-order chi connectivity index (χ0) is 15.5. The Morgan fingerprint density at radius 3 is 2.52 bits per heavy atom. The number of carbonyl (C=O) groups is 2. The summed E-state index contributed by atoms with van der Waals surface area (Å²) in [6.45, 7) is 6.03. The van der Waals surface area contributed by atoms with Crippen molar-refractivity contribution in [2.24, 2.45) is 10.8 Å². The van der Waals surface area contributed by atoms with Gasteiger partial charge in [0.1, 0.15) is 5.41 Å². The lowest BCUT2D eigenvalue weighted by molar-refractivity contribution is -0.148. The zero-order valence-corrected chi connectivity index (χ0v) is 12.6. The second kappa shape index (κ2) is 6.19. The van der Waals surface area contributed by atoms with Crippen molar-refractivity contribution in [3.63, 3.8) is 0 Å². The molecule has 21 heavy (non-hydrogen) atoms. The van der Waals surface area contributed by atoms with Crippen LogP contribution in [0.25, 0.3) is 0 Å². The fourth-order valence-electron chi connectivity index (χ4n) is 2.63. The first kappa shape index (κ1) is 16.0. The van der Waals surface area contributed by atoms with Crippen LogP contribution >= 0.6 is 0 Å². The highest BCUT2D eigenvalue weighted by Crippen LogP contribution is 2.30. The van der Waals surface area contributed by atoms with E-state index in [1.165, 1.54) is 0 Å². The standard InChI is InChI=1S/C14H24N2O5/c1-13(3-5-20-6-4-13)8-15-12(19)16-10-7-21-9-14(10,2)11(17)18/h10H,3-9H2,1-2H3,(H,17,18)(H2,15,16,19). The summed E-state index contributed by atoms with van der Waals surface area (Å²) in [7, 11) is 0. The minimum Gasteiger partial charge on any atom is -0.481 e. The van der Waals surface area contributed by atoms with Crippen LogP contribution in [0.2, 0.25) is 0 Å². The van der Waals surface area contributed by atoms with Gasteiger partial charge in [0.2, 0.25) is 0 Å². The summed E-state index contributed by atoms with van der Waals surface area (Å²) in [6.07, 6.45) is 1.82. The lowest BCUT2D eigenvalue weighted by Gasteiger charge is -2.34. The van der Waals surface area contributed by atoms with Crippen LogP contribution in [0.1, 0.15) is 26.7 Å². The lowest BCUT2D eigenvalue weighted by Crippen LogP contribution is -2.53. The van der Waals surface area contributed by atoms with Crippen molar-refractivity contribution < 1.29 is 24.2 Å². The van der Waals surface area contributed by atoms with Crippen molar-refractivity contribution in [1.82, 2.24) is 10.6 Å². The van der Waals surface area contributed by atoms with Crippen molar-refractivity contribution in [1.29, 1.82) is 0 Å². The van der Waals surface area contributed by atoms with Gasteiger partial charge in [-0.1, -0.05) is 6.92 Å². The van der Waals surface area contributed by atoms with Crippen LogP contribution in [-0.4, -0.2) is 56.1 Å². The maximum Gasteiger partial charge on any atom is 0.315 e. The Morgan fingerprint density at radius 1 is 1.24 bits per heavy atom. The zero-order valence-electron chi connectivity index (χ0n) is 12.6. The molecule has 120 valence electrons. The minimum atomic E-state index is -1.07. The molecule has 3 N–H and O–H groups in total.